The maximum Gasteiger partial charge on any atom is 0.193 e. The van der Waals surface area contributed by atoms with Crippen LogP contribution >= 0.6 is 11.8 Å². The SMILES string of the molecule is CCC(=O)CCSC(=O)Cc1ccccc1. The van der Waals surface area contributed by atoms with Crippen LogP contribution in [0.25, 0.3) is 0 Å². The summed E-state index contributed by atoms with van der Waals surface area (Å²) in [6.45, 7) is 1.85. The Labute approximate surface area is 100 Å². The Morgan fingerprint density at radius 1 is 1.19 bits per heavy atom. The van der Waals surface area contributed by atoms with Gasteiger partial charge in [0, 0.05) is 25.0 Å². The second kappa shape index (κ2) is 7.23. The van der Waals surface area contributed by atoms with E-state index in [-0.39, 0.29) is 10.9 Å². The summed E-state index contributed by atoms with van der Waals surface area (Å²) in [5.74, 6) is 0.832. The second-order valence-corrected chi connectivity index (χ2v) is 4.68. The third-order valence-electron chi connectivity index (χ3n) is 2.23. The molecule has 0 bridgehead atoms. The number of hydrogen-bond donors (Lipinski definition) is 0. The highest BCUT2D eigenvalue weighted by molar-refractivity contribution is 8.13. The standard InChI is InChI=1S/C13H16O2S/c1-2-12(14)8-9-16-13(15)10-11-6-4-3-5-7-11/h3-7H,2,8-10H2,1H3. The summed E-state index contributed by atoms with van der Waals surface area (Å²) in [5, 5.41) is 0.134. The summed E-state index contributed by atoms with van der Waals surface area (Å²) < 4.78 is 0. The Kier molecular flexibility index (Phi) is 5.86. The van der Waals surface area contributed by atoms with Gasteiger partial charge in [0.2, 0.25) is 0 Å². The molecule has 0 aliphatic carbocycles. The maximum absolute atomic E-state index is 11.5. The molecular formula is C13H16O2S. The number of hydrogen-bond acceptors (Lipinski definition) is 3. The first-order valence-corrected chi connectivity index (χ1v) is 6.42. The molecule has 0 unspecified atom stereocenters. The summed E-state index contributed by atoms with van der Waals surface area (Å²) in [7, 11) is 0. The van der Waals surface area contributed by atoms with E-state index in [1.165, 1.54) is 11.8 Å². The first-order chi connectivity index (χ1) is 7.72. The highest BCUT2D eigenvalue weighted by atomic mass is 32.2. The number of benzene rings is 1. The smallest absolute Gasteiger partial charge is 0.193 e. The first kappa shape index (κ1) is 13.0. The molecule has 1 rings (SSSR count). The number of rotatable bonds is 6. The second-order valence-electron chi connectivity index (χ2n) is 3.53. The first-order valence-electron chi connectivity index (χ1n) is 5.43. The molecular weight excluding hydrogens is 220 g/mol. The average molecular weight is 236 g/mol. The summed E-state index contributed by atoms with van der Waals surface area (Å²) >= 11 is 1.26. The minimum absolute atomic E-state index is 0.134. The van der Waals surface area contributed by atoms with E-state index in [1.807, 2.05) is 37.3 Å². The minimum atomic E-state index is 0.134. The molecule has 0 aliphatic rings. The predicted molar refractivity (Wildman–Crippen MR) is 67.5 cm³/mol. The van der Waals surface area contributed by atoms with Crippen molar-refractivity contribution in [1.29, 1.82) is 0 Å². The number of carbonyl (C=O) groups is 2. The molecule has 0 heterocycles. The van der Waals surface area contributed by atoms with E-state index >= 15 is 0 Å². The molecule has 1 aromatic carbocycles. The van der Waals surface area contributed by atoms with E-state index in [4.69, 9.17) is 0 Å². The van der Waals surface area contributed by atoms with Crippen LogP contribution in [-0.4, -0.2) is 16.7 Å². The quantitative estimate of drug-likeness (QED) is 0.761. The van der Waals surface area contributed by atoms with E-state index in [9.17, 15) is 9.59 Å². The summed E-state index contributed by atoms with van der Waals surface area (Å²) in [6.07, 6.45) is 1.51. The molecule has 0 aliphatic heterocycles. The largest absolute Gasteiger partial charge is 0.300 e. The summed E-state index contributed by atoms with van der Waals surface area (Å²) in [4.78, 5) is 22.6. The number of thioether (sulfide) groups is 1. The van der Waals surface area contributed by atoms with Gasteiger partial charge in [0.15, 0.2) is 5.12 Å². The average Bonchev–Trinajstić information content (AvgIpc) is 2.30. The highest BCUT2D eigenvalue weighted by Crippen LogP contribution is 2.10. The molecule has 1 aromatic rings. The van der Waals surface area contributed by atoms with E-state index in [2.05, 4.69) is 0 Å². The van der Waals surface area contributed by atoms with Crippen LogP contribution in [0, 0.1) is 0 Å². The van der Waals surface area contributed by atoms with Gasteiger partial charge in [0.25, 0.3) is 0 Å². The molecule has 0 saturated carbocycles. The van der Waals surface area contributed by atoms with Gasteiger partial charge in [-0.25, -0.2) is 0 Å². The zero-order valence-corrected chi connectivity index (χ0v) is 10.3. The number of ketones is 1. The maximum atomic E-state index is 11.5. The van der Waals surface area contributed by atoms with Gasteiger partial charge in [-0.3, -0.25) is 9.59 Å². The predicted octanol–water partition coefficient (Wildman–Crippen LogP) is 2.86. The van der Waals surface area contributed by atoms with Gasteiger partial charge in [-0.1, -0.05) is 49.0 Å². The molecule has 0 fully saturated rings. The van der Waals surface area contributed by atoms with Crippen LogP contribution < -0.4 is 0 Å². The third-order valence-corrected chi connectivity index (χ3v) is 3.10. The highest BCUT2D eigenvalue weighted by Gasteiger charge is 2.05. The van der Waals surface area contributed by atoms with Crippen molar-refractivity contribution in [2.75, 3.05) is 5.75 Å². The molecule has 0 saturated heterocycles. The molecule has 0 aromatic heterocycles. The molecule has 0 amide bonds. The fourth-order valence-corrected chi connectivity index (χ4v) is 2.10. The van der Waals surface area contributed by atoms with Crippen molar-refractivity contribution in [2.24, 2.45) is 0 Å². The molecule has 0 N–H and O–H groups in total. The molecule has 0 radical (unpaired) electrons. The summed E-state index contributed by atoms with van der Waals surface area (Å²) in [5.41, 5.74) is 1.03. The van der Waals surface area contributed by atoms with Crippen LogP contribution in [0.2, 0.25) is 0 Å². The fourth-order valence-electron chi connectivity index (χ4n) is 1.27. The van der Waals surface area contributed by atoms with E-state index in [0.29, 0.717) is 25.0 Å². The topological polar surface area (TPSA) is 34.1 Å². The van der Waals surface area contributed by atoms with Crippen LogP contribution in [-0.2, 0) is 16.0 Å². The van der Waals surface area contributed by atoms with Crippen LogP contribution in [0.4, 0.5) is 0 Å². The number of carbonyl (C=O) groups excluding carboxylic acids is 2. The van der Waals surface area contributed by atoms with Crippen molar-refractivity contribution >= 4 is 22.7 Å². The third kappa shape index (κ3) is 5.12. The minimum Gasteiger partial charge on any atom is -0.300 e. The van der Waals surface area contributed by atoms with Gasteiger partial charge >= 0.3 is 0 Å². The van der Waals surface area contributed by atoms with Crippen molar-refractivity contribution in [3.63, 3.8) is 0 Å². The van der Waals surface area contributed by atoms with E-state index in [1.54, 1.807) is 0 Å². The Balaban J connectivity index is 2.24. The van der Waals surface area contributed by atoms with Crippen LogP contribution in [0.1, 0.15) is 25.3 Å². The van der Waals surface area contributed by atoms with Gasteiger partial charge < -0.3 is 0 Å². The van der Waals surface area contributed by atoms with Crippen molar-refractivity contribution in [3.05, 3.63) is 35.9 Å². The van der Waals surface area contributed by atoms with Crippen LogP contribution in [0.3, 0.4) is 0 Å². The zero-order valence-electron chi connectivity index (χ0n) is 9.44. The number of Topliss-reactive ketones (excluding diaryl/α,β-unsaturated/α-hetero) is 1. The zero-order chi connectivity index (χ0) is 11.8. The lowest BCUT2D eigenvalue weighted by Gasteiger charge is -2.00. The molecule has 0 spiro atoms. The van der Waals surface area contributed by atoms with Crippen molar-refractivity contribution in [1.82, 2.24) is 0 Å². The molecule has 2 nitrogen and oxygen atoms in total. The van der Waals surface area contributed by atoms with Gasteiger partial charge in [-0.15, -0.1) is 0 Å². The van der Waals surface area contributed by atoms with Gasteiger partial charge in [-0.05, 0) is 5.56 Å². The van der Waals surface area contributed by atoms with Crippen molar-refractivity contribution < 1.29 is 9.59 Å². The van der Waals surface area contributed by atoms with Crippen LogP contribution in [0.15, 0.2) is 30.3 Å². The van der Waals surface area contributed by atoms with Gasteiger partial charge in [0.05, 0.1) is 0 Å². The van der Waals surface area contributed by atoms with E-state index < -0.39 is 0 Å². The lowest BCUT2D eigenvalue weighted by molar-refractivity contribution is -0.118. The summed E-state index contributed by atoms with van der Waals surface area (Å²) in [6, 6.07) is 9.66. The molecule has 16 heavy (non-hydrogen) atoms. The molecule has 0 atom stereocenters. The normalized spacial score (nSPS) is 10.1. The Hall–Kier alpha value is -1.09. The fraction of sp³-hybridized carbons (Fsp3) is 0.385. The van der Waals surface area contributed by atoms with Crippen molar-refractivity contribution in [3.8, 4) is 0 Å². The van der Waals surface area contributed by atoms with Gasteiger partial charge in [-0.2, -0.15) is 0 Å². The van der Waals surface area contributed by atoms with E-state index in [0.717, 1.165) is 5.56 Å². The molecule has 86 valence electrons. The Bertz CT molecular complexity index is 346. The van der Waals surface area contributed by atoms with Gasteiger partial charge in [0.1, 0.15) is 5.78 Å². The lowest BCUT2D eigenvalue weighted by Crippen LogP contribution is -2.02. The van der Waals surface area contributed by atoms with Crippen molar-refractivity contribution in [2.45, 2.75) is 26.2 Å². The Morgan fingerprint density at radius 2 is 1.88 bits per heavy atom. The monoisotopic (exact) mass is 236 g/mol. The Morgan fingerprint density at radius 3 is 2.50 bits per heavy atom. The molecule has 3 heteroatoms. The van der Waals surface area contributed by atoms with Crippen LogP contribution in [0.5, 0.6) is 0 Å². The lowest BCUT2D eigenvalue weighted by atomic mass is 10.2.